The predicted molar refractivity (Wildman–Crippen MR) is 116 cm³/mol. The number of carbonyl (C=O) groups is 1. The molecule has 142 valence electrons. The molecule has 4 aromatic rings. The smallest absolute Gasteiger partial charge is 0.252 e. The molecule has 0 bridgehead atoms. The van der Waals surface area contributed by atoms with Gasteiger partial charge in [0.25, 0.3) is 5.91 Å². The summed E-state index contributed by atoms with van der Waals surface area (Å²) in [5.74, 6) is 0.898. The number of aryl methyl sites for hydroxylation is 2. The minimum Gasteiger partial charge on any atom is -0.352 e. The number of aromatic nitrogens is 3. The summed E-state index contributed by atoms with van der Waals surface area (Å²) in [6.45, 7) is 5.40. The van der Waals surface area contributed by atoms with Crippen molar-refractivity contribution >= 4 is 43.8 Å². The van der Waals surface area contributed by atoms with Crippen LogP contribution in [0, 0.1) is 6.92 Å². The van der Waals surface area contributed by atoms with Gasteiger partial charge in [-0.2, -0.15) is 0 Å². The topological polar surface area (TPSA) is 59.8 Å². The van der Waals surface area contributed by atoms with E-state index >= 15 is 0 Å². The number of nitrogens with one attached hydrogen (secondary N) is 1. The number of rotatable bonds is 5. The molecule has 0 atom stereocenters. The van der Waals surface area contributed by atoms with Crippen LogP contribution in [-0.2, 0) is 13.0 Å². The summed E-state index contributed by atoms with van der Waals surface area (Å²) in [7, 11) is 0. The fraction of sp³-hybridized carbons (Fsp3) is 0.227. The number of carbonyl (C=O) groups excluding carboxylic acids is 1. The monoisotopic (exact) mass is 436 g/mol. The number of hydrogen-bond acceptors (Lipinski definition) is 3. The number of nitrogens with zero attached hydrogens (tertiary/aromatic N) is 3. The van der Waals surface area contributed by atoms with Crippen LogP contribution in [0.25, 0.3) is 21.9 Å². The van der Waals surface area contributed by atoms with Crippen LogP contribution in [0.2, 0.25) is 0 Å². The lowest BCUT2D eigenvalue weighted by molar-refractivity contribution is 0.0955. The minimum absolute atomic E-state index is 0.0900. The molecule has 0 unspecified atom stereocenters. The van der Waals surface area contributed by atoms with Crippen LogP contribution in [0.1, 0.15) is 28.8 Å². The second kappa shape index (κ2) is 7.72. The highest BCUT2D eigenvalue weighted by Gasteiger charge is 2.14. The number of amides is 1. The fourth-order valence-electron chi connectivity index (χ4n) is 3.57. The van der Waals surface area contributed by atoms with Gasteiger partial charge in [-0.1, -0.05) is 28.1 Å². The van der Waals surface area contributed by atoms with Gasteiger partial charge < -0.3 is 9.88 Å². The van der Waals surface area contributed by atoms with Crippen LogP contribution in [0.3, 0.4) is 0 Å². The van der Waals surface area contributed by atoms with Gasteiger partial charge in [-0.25, -0.2) is 4.98 Å². The summed E-state index contributed by atoms with van der Waals surface area (Å²) >= 11 is 3.48. The average Bonchev–Trinajstić information content (AvgIpc) is 3.05. The Bertz CT molecular complexity index is 1180. The van der Waals surface area contributed by atoms with Crippen molar-refractivity contribution in [2.45, 2.75) is 26.8 Å². The zero-order valence-corrected chi connectivity index (χ0v) is 17.5. The lowest BCUT2D eigenvalue weighted by Crippen LogP contribution is -2.27. The van der Waals surface area contributed by atoms with Crippen LogP contribution < -0.4 is 5.32 Å². The molecule has 2 heterocycles. The summed E-state index contributed by atoms with van der Waals surface area (Å²) in [4.78, 5) is 22.1. The molecule has 0 spiro atoms. The summed E-state index contributed by atoms with van der Waals surface area (Å²) in [5, 5.41) is 3.89. The van der Waals surface area contributed by atoms with E-state index in [0.29, 0.717) is 18.5 Å². The van der Waals surface area contributed by atoms with Crippen LogP contribution in [-0.4, -0.2) is 27.0 Å². The molecule has 0 aliphatic heterocycles. The molecule has 2 aromatic carbocycles. The van der Waals surface area contributed by atoms with E-state index in [1.807, 2.05) is 49.4 Å². The van der Waals surface area contributed by atoms with Gasteiger partial charge in [-0.3, -0.25) is 9.78 Å². The number of pyridine rings is 1. The van der Waals surface area contributed by atoms with E-state index in [4.69, 9.17) is 4.98 Å². The highest BCUT2D eigenvalue weighted by Crippen LogP contribution is 2.23. The van der Waals surface area contributed by atoms with Gasteiger partial charge in [0.1, 0.15) is 5.82 Å². The third-order valence-corrected chi connectivity index (χ3v) is 5.32. The second-order valence-electron chi connectivity index (χ2n) is 6.74. The number of fused-ring (bicyclic) bond motifs is 2. The maximum atomic E-state index is 12.9. The molecule has 28 heavy (non-hydrogen) atoms. The zero-order chi connectivity index (χ0) is 19.7. The maximum Gasteiger partial charge on any atom is 0.252 e. The third-order valence-electron chi connectivity index (χ3n) is 4.83. The van der Waals surface area contributed by atoms with Crippen molar-refractivity contribution in [2.24, 2.45) is 0 Å². The quantitative estimate of drug-likeness (QED) is 0.495. The van der Waals surface area contributed by atoms with Crippen LogP contribution in [0.15, 0.2) is 53.0 Å². The standard InChI is InChI=1S/C22H21BrN4O/c1-3-27-20-7-5-4-6-19(20)26-21(27)10-11-24-22(28)17-12-14(2)25-18-9-8-15(23)13-16(17)18/h4-9,12-13H,3,10-11H2,1-2H3,(H,24,28). The van der Waals surface area contributed by atoms with E-state index in [1.54, 1.807) is 0 Å². The normalized spacial score (nSPS) is 11.2. The Morgan fingerprint density at radius 3 is 2.75 bits per heavy atom. The van der Waals surface area contributed by atoms with Gasteiger partial charge in [0, 0.05) is 35.1 Å². The Hall–Kier alpha value is -2.73. The molecule has 0 radical (unpaired) electrons. The first-order valence-electron chi connectivity index (χ1n) is 9.36. The average molecular weight is 437 g/mol. The van der Waals surface area contributed by atoms with Gasteiger partial charge in [0.2, 0.25) is 0 Å². The maximum absolute atomic E-state index is 12.9. The van der Waals surface area contributed by atoms with Crippen molar-refractivity contribution < 1.29 is 4.79 Å². The second-order valence-corrected chi connectivity index (χ2v) is 7.66. The molecule has 0 aliphatic rings. The van der Waals surface area contributed by atoms with Crippen molar-refractivity contribution in [1.29, 1.82) is 0 Å². The molecule has 5 nitrogen and oxygen atoms in total. The van der Waals surface area contributed by atoms with E-state index in [1.165, 1.54) is 0 Å². The molecule has 6 heteroatoms. The molecular weight excluding hydrogens is 416 g/mol. The van der Waals surface area contributed by atoms with Crippen molar-refractivity contribution in [3.8, 4) is 0 Å². The first-order chi connectivity index (χ1) is 13.6. The van der Waals surface area contributed by atoms with Gasteiger partial charge in [-0.15, -0.1) is 0 Å². The van der Waals surface area contributed by atoms with Gasteiger partial charge in [0.15, 0.2) is 0 Å². The van der Waals surface area contributed by atoms with Crippen molar-refractivity contribution in [3.05, 3.63) is 70.1 Å². The Labute approximate surface area is 171 Å². The highest BCUT2D eigenvalue weighted by atomic mass is 79.9. The SMILES string of the molecule is CCn1c(CCNC(=O)c2cc(C)nc3ccc(Br)cc23)nc2ccccc21. The zero-order valence-electron chi connectivity index (χ0n) is 15.9. The fourth-order valence-corrected chi connectivity index (χ4v) is 3.93. The summed E-state index contributed by atoms with van der Waals surface area (Å²) < 4.78 is 3.13. The summed E-state index contributed by atoms with van der Waals surface area (Å²) in [5.41, 5.74) is 4.42. The first-order valence-corrected chi connectivity index (χ1v) is 10.2. The van der Waals surface area contributed by atoms with Gasteiger partial charge in [-0.05, 0) is 50.2 Å². The molecule has 0 fully saturated rings. The Balaban J connectivity index is 1.54. The van der Waals surface area contributed by atoms with Crippen molar-refractivity contribution in [2.75, 3.05) is 6.54 Å². The number of halogens is 1. The van der Waals surface area contributed by atoms with Crippen molar-refractivity contribution in [3.63, 3.8) is 0 Å². The Kier molecular flexibility index (Phi) is 5.13. The number of para-hydroxylation sites is 2. The molecule has 4 rings (SSSR count). The van der Waals surface area contributed by atoms with E-state index in [9.17, 15) is 4.79 Å². The van der Waals surface area contributed by atoms with E-state index < -0.39 is 0 Å². The Morgan fingerprint density at radius 2 is 1.93 bits per heavy atom. The molecule has 1 amide bonds. The van der Waals surface area contributed by atoms with E-state index in [0.717, 1.165) is 44.5 Å². The molecule has 0 saturated carbocycles. The van der Waals surface area contributed by atoms with Gasteiger partial charge >= 0.3 is 0 Å². The molecule has 1 N–H and O–H groups in total. The Morgan fingerprint density at radius 1 is 1.11 bits per heavy atom. The summed E-state index contributed by atoms with van der Waals surface area (Å²) in [6.07, 6.45) is 0.681. The summed E-state index contributed by atoms with van der Waals surface area (Å²) in [6, 6.07) is 15.8. The van der Waals surface area contributed by atoms with E-state index in [-0.39, 0.29) is 5.91 Å². The van der Waals surface area contributed by atoms with E-state index in [2.05, 4.69) is 43.8 Å². The first kappa shape index (κ1) is 18.6. The lowest BCUT2D eigenvalue weighted by Gasteiger charge is -2.10. The number of hydrogen-bond donors (Lipinski definition) is 1. The van der Waals surface area contributed by atoms with Crippen LogP contribution in [0.4, 0.5) is 0 Å². The minimum atomic E-state index is -0.0900. The van der Waals surface area contributed by atoms with Gasteiger partial charge in [0.05, 0.1) is 22.1 Å². The van der Waals surface area contributed by atoms with Crippen LogP contribution >= 0.6 is 15.9 Å². The number of benzene rings is 2. The van der Waals surface area contributed by atoms with Crippen molar-refractivity contribution in [1.82, 2.24) is 19.9 Å². The molecular formula is C22H21BrN4O. The molecule has 0 aliphatic carbocycles. The predicted octanol–water partition coefficient (Wildman–Crippen LogP) is 4.65. The third kappa shape index (κ3) is 3.52. The van der Waals surface area contributed by atoms with Crippen LogP contribution in [0.5, 0.6) is 0 Å². The molecule has 0 saturated heterocycles. The largest absolute Gasteiger partial charge is 0.352 e. The lowest BCUT2D eigenvalue weighted by atomic mass is 10.1. The number of imidazole rings is 1. The molecule has 2 aromatic heterocycles. The highest BCUT2D eigenvalue weighted by molar-refractivity contribution is 9.10.